The number of carbonyl (C=O) groups is 1. The molecule has 0 bridgehead atoms. The molecule has 0 saturated carbocycles. The van der Waals surface area contributed by atoms with Crippen molar-refractivity contribution in [1.29, 1.82) is 0 Å². The molecule has 1 saturated heterocycles. The van der Waals surface area contributed by atoms with Crippen LogP contribution in [0.4, 0.5) is 0 Å². The fourth-order valence-corrected chi connectivity index (χ4v) is 3.37. The number of carbonyl (C=O) groups excluding carboxylic acids is 1. The van der Waals surface area contributed by atoms with Crippen molar-refractivity contribution in [3.05, 3.63) is 18.7 Å². The van der Waals surface area contributed by atoms with Gasteiger partial charge in [0.25, 0.3) is 0 Å². The number of nitrogens with zero attached hydrogens (tertiary/aromatic N) is 3. The third-order valence-corrected chi connectivity index (χ3v) is 4.45. The smallest absolute Gasteiger partial charge is 0.238 e. The summed E-state index contributed by atoms with van der Waals surface area (Å²) < 4.78 is 26.2. The molecule has 1 aromatic rings. The second-order valence-corrected chi connectivity index (χ2v) is 6.56. The fourth-order valence-electron chi connectivity index (χ4n) is 2.24. The summed E-state index contributed by atoms with van der Waals surface area (Å²) in [4.78, 5) is 15.9. The average Bonchev–Trinajstić information content (AvgIpc) is 2.98. The van der Waals surface area contributed by atoms with Crippen LogP contribution in [0.1, 0.15) is 12.8 Å². The first-order valence-electron chi connectivity index (χ1n) is 6.19. The van der Waals surface area contributed by atoms with Crippen LogP contribution in [0.25, 0.3) is 0 Å². The quantitative estimate of drug-likeness (QED) is 0.785. The lowest BCUT2D eigenvalue weighted by molar-refractivity contribution is -0.124. The number of hydrogen-bond donors (Lipinski definition) is 1. The van der Waals surface area contributed by atoms with Gasteiger partial charge in [0.15, 0.2) is 0 Å². The van der Waals surface area contributed by atoms with Gasteiger partial charge in [-0.15, -0.1) is 0 Å². The molecule has 0 radical (unpaired) electrons. The van der Waals surface area contributed by atoms with Crippen LogP contribution >= 0.6 is 0 Å². The van der Waals surface area contributed by atoms with Crippen molar-refractivity contribution in [3.63, 3.8) is 0 Å². The number of sulfonamides is 1. The zero-order valence-electron chi connectivity index (χ0n) is 10.8. The molecule has 0 aliphatic carbocycles. The zero-order chi connectivity index (χ0) is 13.9. The van der Waals surface area contributed by atoms with Gasteiger partial charge in [0, 0.05) is 32.0 Å². The minimum Gasteiger partial charge on any atom is -0.353 e. The molecular weight excluding hydrogens is 268 g/mol. The van der Waals surface area contributed by atoms with E-state index in [1.807, 2.05) is 10.8 Å². The predicted octanol–water partition coefficient (Wildman–Crippen LogP) is -0.577. The second-order valence-electron chi connectivity index (χ2n) is 4.62. The van der Waals surface area contributed by atoms with E-state index < -0.39 is 16.1 Å². The first-order valence-corrected chi connectivity index (χ1v) is 8.03. The van der Waals surface area contributed by atoms with E-state index in [1.165, 1.54) is 4.31 Å². The third-order valence-electron chi connectivity index (χ3n) is 3.16. The van der Waals surface area contributed by atoms with Crippen LogP contribution in [-0.4, -0.2) is 53.6 Å². The summed E-state index contributed by atoms with van der Waals surface area (Å²) in [6.45, 7) is 1.51. The Balaban J connectivity index is 1.85. The normalized spacial score (nSPS) is 20.6. The van der Waals surface area contributed by atoms with Crippen molar-refractivity contribution in [2.24, 2.45) is 0 Å². The van der Waals surface area contributed by atoms with Gasteiger partial charge in [-0.25, -0.2) is 13.4 Å². The first-order chi connectivity index (χ1) is 8.98. The largest absolute Gasteiger partial charge is 0.353 e. The van der Waals surface area contributed by atoms with Crippen molar-refractivity contribution in [1.82, 2.24) is 19.2 Å². The second kappa shape index (κ2) is 5.70. The lowest BCUT2D eigenvalue weighted by atomic mass is 10.2. The number of amides is 1. The Morgan fingerprint density at radius 3 is 2.95 bits per heavy atom. The Kier molecular flexibility index (Phi) is 4.20. The van der Waals surface area contributed by atoms with E-state index in [0.717, 1.165) is 12.7 Å². The minimum absolute atomic E-state index is 0.219. The van der Waals surface area contributed by atoms with E-state index in [-0.39, 0.29) is 5.91 Å². The summed E-state index contributed by atoms with van der Waals surface area (Å²) in [5.74, 6) is -0.219. The Hall–Kier alpha value is -1.41. The van der Waals surface area contributed by atoms with Crippen LogP contribution in [0.15, 0.2) is 18.7 Å². The van der Waals surface area contributed by atoms with Crippen molar-refractivity contribution < 1.29 is 13.2 Å². The van der Waals surface area contributed by atoms with Gasteiger partial charge in [-0.3, -0.25) is 4.79 Å². The molecule has 1 atom stereocenters. The van der Waals surface area contributed by atoms with E-state index in [0.29, 0.717) is 26.1 Å². The van der Waals surface area contributed by atoms with Gasteiger partial charge in [0.1, 0.15) is 6.04 Å². The number of hydrogen-bond acceptors (Lipinski definition) is 4. The summed E-state index contributed by atoms with van der Waals surface area (Å²) in [5, 5.41) is 2.77. The molecule has 7 nitrogen and oxygen atoms in total. The van der Waals surface area contributed by atoms with Crippen molar-refractivity contribution in [3.8, 4) is 0 Å². The monoisotopic (exact) mass is 286 g/mol. The Morgan fingerprint density at radius 1 is 1.53 bits per heavy atom. The lowest BCUT2D eigenvalue weighted by Crippen LogP contribution is -2.46. The van der Waals surface area contributed by atoms with Crippen molar-refractivity contribution in [2.75, 3.05) is 19.3 Å². The molecule has 1 unspecified atom stereocenters. The minimum atomic E-state index is -3.31. The highest BCUT2D eigenvalue weighted by Crippen LogP contribution is 2.20. The van der Waals surface area contributed by atoms with Gasteiger partial charge in [-0.2, -0.15) is 4.31 Å². The molecule has 2 heterocycles. The molecule has 1 amide bonds. The summed E-state index contributed by atoms with van der Waals surface area (Å²) in [5.41, 5.74) is 0. The van der Waals surface area contributed by atoms with Gasteiger partial charge < -0.3 is 9.88 Å². The van der Waals surface area contributed by atoms with Crippen LogP contribution in [-0.2, 0) is 21.4 Å². The number of aromatic nitrogens is 2. The molecule has 1 N–H and O–H groups in total. The van der Waals surface area contributed by atoms with E-state index in [2.05, 4.69) is 10.3 Å². The molecule has 0 aromatic carbocycles. The van der Waals surface area contributed by atoms with Gasteiger partial charge in [0.2, 0.25) is 15.9 Å². The molecule has 1 aromatic heterocycles. The standard InChI is InChI=1S/C11H18N4O3S/c1-19(17,18)15-6-2-3-10(15)11(16)13-5-8-14-7-4-12-9-14/h4,7,9-10H,2-3,5-6,8H2,1H3,(H,13,16). The Labute approximate surface area is 112 Å². The van der Waals surface area contributed by atoms with Crippen LogP contribution < -0.4 is 5.32 Å². The van der Waals surface area contributed by atoms with Gasteiger partial charge in [-0.1, -0.05) is 0 Å². The molecular formula is C11H18N4O3S. The Morgan fingerprint density at radius 2 is 2.32 bits per heavy atom. The highest BCUT2D eigenvalue weighted by molar-refractivity contribution is 7.88. The van der Waals surface area contributed by atoms with Crippen LogP contribution in [0.3, 0.4) is 0 Å². The number of imidazole rings is 1. The SMILES string of the molecule is CS(=O)(=O)N1CCCC1C(=O)NCCn1ccnc1. The molecule has 1 aliphatic rings. The third kappa shape index (κ3) is 3.54. The summed E-state index contributed by atoms with van der Waals surface area (Å²) >= 11 is 0. The number of nitrogens with one attached hydrogen (secondary N) is 1. The van der Waals surface area contributed by atoms with Gasteiger partial charge >= 0.3 is 0 Å². The lowest BCUT2D eigenvalue weighted by Gasteiger charge is -2.21. The summed E-state index contributed by atoms with van der Waals surface area (Å²) in [6.07, 6.45) is 7.61. The van der Waals surface area contributed by atoms with E-state index in [1.54, 1.807) is 12.5 Å². The average molecular weight is 286 g/mol. The molecule has 1 fully saturated rings. The molecule has 106 valence electrons. The van der Waals surface area contributed by atoms with Crippen LogP contribution in [0, 0.1) is 0 Å². The van der Waals surface area contributed by atoms with Gasteiger partial charge in [-0.05, 0) is 12.8 Å². The van der Waals surface area contributed by atoms with Crippen molar-refractivity contribution in [2.45, 2.75) is 25.4 Å². The highest BCUT2D eigenvalue weighted by Gasteiger charge is 2.36. The molecule has 19 heavy (non-hydrogen) atoms. The molecule has 8 heteroatoms. The maximum absolute atomic E-state index is 12.0. The first kappa shape index (κ1) is 14.0. The Bertz CT molecular complexity index is 526. The van der Waals surface area contributed by atoms with Gasteiger partial charge in [0.05, 0.1) is 12.6 Å². The summed E-state index contributed by atoms with van der Waals surface area (Å²) in [6, 6.07) is -0.558. The number of rotatable bonds is 5. The van der Waals surface area contributed by atoms with E-state index in [9.17, 15) is 13.2 Å². The molecule has 1 aliphatic heterocycles. The fraction of sp³-hybridized carbons (Fsp3) is 0.636. The molecule has 2 rings (SSSR count). The highest BCUT2D eigenvalue weighted by atomic mass is 32.2. The summed E-state index contributed by atoms with van der Waals surface area (Å²) in [7, 11) is -3.31. The van der Waals surface area contributed by atoms with Crippen molar-refractivity contribution >= 4 is 15.9 Å². The van der Waals surface area contributed by atoms with E-state index >= 15 is 0 Å². The van der Waals surface area contributed by atoms with Crippen LogP contribution in [0.2, 0.25) is 0 Å². The van der Waals surface area contributed by atoms with Crippen LogP contribution in [0.5, 0.6) is 0 Å². The topological polar surface area (TPSA) is 84.3 Å². The van der Waals surface area contributed by atoms with E-state index in [4.69, 9.17) is 0 Å². The predicted molar refractivity (Wildman–Crippen MR) is 69.8 cm³/mol. The molecule has 0 spiro atoms. The maximum Gasteiger partial charge on any atom is 0.238 e. The zero-order valence-corrected chi connectivity index (χ0v) is 11.6. The maximum atomic E-state index is 12.0.